The average Bonchev–Trinajstić information content (AvgIpc) is 3.07. The Labute approximate surface area is 135 Å². The van der Waals surface area contributed by atoms with Crippen LogP contribution in [-0.4, -0.2) is 29.1 Å². The number of nitrogens with one attached hydrogen (secondary N) is 2. The Hall–Kier alpha value is -2.59. The molecule has 4 nitrogen and oxygen atoms in total. The number of aliphatic hydroxyl groups excluding tert-OH is 1. The third-order valence-electron chi connectivity index (χ3n) is 4.09. The quantitative estimate of drug-likeness (QED) is 0.655. The Balaban J connectivity index is 1.73. The summed E-state index contributed by atoms with van der Waals surface area (Å²) in [6.07, 6.45) is 2.46. The zero-order valence-corrected chi connectivity index (χ0v) is 12.8. The van der Waals surface area contributed by atoms with Crippen molar-refractivity contribution in [3.8, 4) is 0 Å². The normalized spacial score (nSPS) is 12.2. The molecule has 3 N–H and O–H groups in total. The van der Waals surface area contributed by atoms with E-state index in [0.29, 0.717) is 18.5 Å². The second-order valence-electron chi connectivity index (χ2n) is 5.58. The second kappa shape index (κ2) is 7.11. The number of aromatic amines is 1. The van der Waals surface area contributed by atoms with E-state index in [1.54, 1.807) is 0 Å². The van der Waals surface area contributed by atoms with E-state index in [1.807, 2.05) is 60.8 Å². The van der Waals surface area contributed by atoms with E-state index in [2.05, 4.69) is 10.3 Å². The van der Waals surface area contributed by atoms with Crippen LogP contribution in [0.4, 0.5) is 0 Å². The number of amides is 1. The van der Waals surface area contributed by atoms with E-state index < -0.39 is 0 Å². The minimum atomic E-state index is -0.100. The lowest BCUT2D eigenvalue weighted by molar-refractivity contribution is 0.0951. The maximum atomic E-state index is 12.5. The fourth-order valence-electron chi connectivity index (χ4n) is 2.85. The van der Waals surface area contributed by atoms with Gasteiger partial charge in [-0.05, 0) is 24.1 Å². The van der Waals surface area contributed by atoms with E-state index in [4.69, 9.17) is 0 Å². The molecule has 0 aliphatic carbocycles. The minimum absolute atomic E-state index is 0.0989. The summed E-state index contributed by atoms with van der Waals surface area (Å²) in [7, 11) is 0. The fourth-order valence-corrected chi connectivity index (χ4v) is 2.85. The third kappa shape index (κ3) is 3.43. The summed E-state index contributed by atoms with van der Waals surface area (Å²) in [6, 6.07) is 17.6. The van der Waals surface area contributed by atoms with Crippen molar-refractivity contribution in [1.29, 1.82) is 0 Å². The van der Waals surface area contributed by atoms with Crippen LogP contribution in [-0.2, 0) is 0 Å². The number of benzene rings is 2. The molecule has 0 radical (unpaired) electrons. The Kier molecular flexibility index (Phi) is 4.74. The van der Waals surface area contributed by atoms with Gasteiger partial charge in [0.2, 0.25) is 0 Å². The number of H-pyrrole nitrogens is 1. The number of hydrogen-bond acceptors (Lipinski definition) is 2. The standard InChI is InChI=1S/C19H20N2O2/c22-12-10-16(14-5-2-1-3-6-14)13-21-19(23)17-8-4-7-15-9-11-20-18(15)17/h1-9,11,16,20,22H,10,12-13H2,(H,21,23). The van der Waals surface area contributed by atoms with Gasteiger partial charge in [0.1, 0.15) is 0 Å². The molecule has 1 unspecified atom stereocenters. The van der Waals surface area contributed by atoms with E-state index in [1.165, 1.54) is 0 Å². The number of rotatable bonds is 6. The summed E-state index contributed by atoms with van der Waals surface area (Å²) in [5.41, 5.74) is 2.62. The predicted octanol–water partition coefficient (Wildman–Crippen LogP) is 3.06. The number of aliphatic hydroxyl groups is 1. The number of carbonyl (C=O) groups excluding carboxylic acids is 1. The summed E-state index contributed by atoms with van der Waals surface area (Å²) in [5, 5.41) is 13.3. The van der Waals surface area contributed by atoms with Crippen LogP contribution >= 0.6 is 0 Å². The van der Waals surface area contributed by atoms with Gasteiger partial charge in [-0.2, -0.15) is 0 Å². The summed E-state index contributed by atoms with van der Waals surface area (Å²) in [4.78, 5) is 15.6. The Bertz CT molecular complexity index is 780. The molecular formula is C19H20N2O2. The van der Waals surface area contributed by atoms with Gasteiger partial charge in [0.05, 0.1) is 11.1 Å². The molecule has 0 aliphatic rings. The van der Waals surface area contributed by atoms with E-state index in [9.17, 15) is 9.90 Å². The van der Waals surface area contributed by atoms with Crippen molar-refractivity contribution in [3.63, 3.8) is 0 Å². The molecule has 1 aromatic heterocycles. The average molecular weight is 308 g/mol. The molecule has 1 heterocycles. The van der Waals surface area contributed by atoms with Gasteiger partial charge in [-0.1, -0.05) is 42.5 Å². The van der Waals surface area contributed by atoms with Crippen molar-refractivity contribution in [2.24, 2.45) is 0 Å². The van der Waals surface area contributed by atoms with Crippen LogP contribution in [0.15, 0.2) is 60.8 Å². The lowest BCUT2D eigenvalue weighted by Gasteiger charge is -2.17. The molecule has 3 rings (SSSR count). The molecule has 23 heavy (non-hydrogen) atoms. The number of fused-ring (bicyclic) bond motifs is 1. The molecule has 0 aliphatic heterocycles. The van der Waals surface area contributed by atoms with Crippen molar-refractivity contribution in [2.45, 2.75) is 12.3 Å². The van der Waals surface area contributed by atoms with E-state index in [-0.39, 0.29) is 18.4 Å². The number of hydrogen-bond donors (Lipinski definition) is 3. The molecule has 2 aromatic carbocycles. The lowest BCUT2D eigenvalue weighted by atomic mass is 9.96. The molecular weight excluding hydrogens is 288 g/mol. The summed E-state index contributed by atoms with van der Waals surface area (Å²) >= 11 is 0. The van der Waals surface area contributed by atoms with Crippen LogP contribution in [0.5, 0.6) is 0 Å². The predicted molar refractivity (Wildman–Crippen MR) is 91.5 cm³/mol. The SMILES string of the molecule is O=C(NCC(CCO)c1ccccc1)c1cccc2cc[nH]c12. The van der Waals surface area contributed by atoms with Crippen LogP contribution in [0, 0.1) is 0 Å². The summed E-state index contributed by atoms with van der Waals surface area (Å²) < 4.78 is 0. The van der Waals surface area contributed by atoms with E-state index >= 15 is 0 Å². The van der Waals surface area contributed by atoms with Crippen molar-refractivity contribution in [1.82, 2.24) is 10.3 Å². The molecule has 0 fully saturated rings. The monoisotopic (exact) mass is 308 g/mol. The molecule has 1 atom stereocenters. The lowest BCUT2D eigenvalue weighted by Crippen LogP contribution is -2.29. The molecule has 0 saturated heterocycles. The van der Waals surface area contributed by atoms with E-state index in [0.717, 1.165) is 16.5 Å². The first-order chi connectivity index (χ1) is 11.3. The van der Waals surface area contributed by atoms with Gasteiger partial charge >= 0.3 is 0 Å². The highest BCUT2D eigenvalue weighted by atomic mass is 16.3. The summed E-state index contributed by atoms with van der Waals surface area (Å²) in [5.74, 6) is 0.00455. The van der Waals surface area contributed by atoms with Crippen LogP contribution in [0.1, 0.15) is 28.3 Å². The molecule has 3 aromatic rings. The van der Waals surface area contributed by atoms with Crippen LogP contribution in [0.3, 0.4) is 0 Å². The first kappa shape index (κ1) is 15.3. The summed E-state index contributed by atoms with van der Waals surface area (Å²) in [6.45, 7) is 0.599. The van der Waals surface area contributed by atoms with Crippen LogP contribution in [0.25, 0.3) is 10.9 Å². The van der Waals surface area contributed by atoms with Gasteiger partial charge in [-0.3, -0.25) is 4.79 Å². The molecule has 1 amide bonds. The largest absolute Gasteiger partial charge is 0.396 e. The van der Waals surface area contributed by atoms with Crippen LogP contribution < -0.4 is 5.32 Å². The van der Waals surface area contributed by atoms with Crippen LogP contribution in [0.2, 0.25) is 0 Å². The highest BCUT2D eigenvalue weighted by Gasteiger charge is 2.15. The Morgan fingerprint density at radius 2 is 1.91 bits per heavy atom. The zero-order chi connectivity index (χ0) is 16.1. The van der Waals surface area contributed by atoms with Gasteiger partial charge in [0.25, 0.3) is 5.91 Å². The maximum Gasteiger partial charge on any atom is 0.253 e. The Morgan fingerprint density at radius 1 is 1.09 bits per heavy atom. The van der Waals surface area contributed by atoms with Crippen molar-refractivity contribution >= 4 is 16.8 Å². The second-order valence-corrected chi connectivity index (χ2v) is 5.58. The van der Waals surface area contributed by atoms with Gasteiger partial charge < -0.3 is 15.4 Å². The number of para-hydroxylation sites is 1. The van der Waals surface area contributed by atoms with Gasteiger partial charge in [-0.15, -0.1) is 0 Å². The first-order valence-corrected chi connectivity index (χ1v) is 7.79. The highest BCUT2D eigenvalue weighted by molar-refractivity contribution is 6.05. The Morgan fingerprint density at radius 3 is 2.70 bits per heavy atom. The maximum absolute atomic E-state index is 12.5. The molecule has 0 bridgehead atoms. The highest BCUT2D eigenvalue weighted by Crippen LogP contribution is 2.20. The molecule has 118 valence electrons. The first-order valence-electron chi connectivity index (χ1n) is 7.79. The fraction of sp³-hybridized carbons (Fsp3) is 0.211. The van der Waals surface area contributed by atoms with Crippen molar-refractivity contribution in [3.05, 3.63) is 71.9 Å². The number of aromatic nitrogens is 1. The molecule has 0 spiro atoms. The topological polar surface area (TPSA) is 65.1 Å². The smallest absolute Gasteiger partial charge is 0.253 e. The molecule has 0 saturated carbocycles. The van der Waals surface area contributed by atoms with Gasteiger partial charge in [-0.25, -0.2) is 0 Å². The minimum Gasteiger partial charge on any atom is -0.396 e. The van der Waals surface area contributed by atoms with Gasteiger partial charge in [0.15, 0.2) is 0 Å². The van der Waals surface area contributed by atoms with Crippen molar-refractivity contribution in [2.75, 3.05) is 13.2 Å². The third-order valence-corrected chi connectivity index (χ3v) is 4.09. The number of carbonyl (C=O) groups is 1. The zero-order valence-electron chi connectivity index (χ0n) is 12.8. The van der Waals surface area contributed by atoms with Gasteiger partial charge in [0, 0.05) is 30.7 Å². The van der Waals surface area contributed by atoms with Crippen molar-refractivity contribution < 1.29 is 9.90 Å². The molecule has 4 heteroatoms.